The van der Waals surface area contributed by atoms with Gasteiger partial charge in [0.2, 0.25) is 0 Å². The largest absolute Gasteiger partial charge is 0.396 e. The van der Waals surface area contributed by atoms with Crippen LogP contribution in [0.5, 0.6) is 0 Å². The second-order valence-corrected chi connectivity index (χ2v) is 14.6. The van der Waals surface area contributed by atoms with Crippen LogP contribution in [-0.4, -0.2) is 25.6 Å². The van der Waals surface area contributed by atoms with Crippen LogP contribution in [0.4, 0.5) is 0 Å². The van der Waals surface area contributed by atoms with Crippen LogP contribution in [0, 0.1) is 16.2 Å². The number of benzene rings is 1. The maximum Gasteiger partial charge on any atom is 0.0490 e. The normalized spacial score (nSPS) is 18.0. The maximum absolute atomic E-state index is 10.4. The van der Waals surface area contributed by atoms with Crippen molar-refractivity contribution >= 4 is 45.2 Å². The van der Waals surface area contributed by atoms with E-state index in [4.69, 9.17) is 5.73 Å². The Kier molecular flexibility index (Phi) is 9.12. The number of alkyl halides is 2. The lowest BCUT2D eigenvalue weighted by Gasteiger charge is -2.55. The van der Waals surface area contributed by atoms with E-state index in [1.807, 2.05) is 0 Å². The van der Waals surface area contributed by atoms with Crippen LogP contribution < -0.4 is 5.73 Å². The zero-order valence-corrected chi connectivity index (χ0v) is 22.5. The Bertz CT molecular complexity index is 580. The summed E-state index contributed by atoms with van der Waals surface area (Å²) in [5.41, 5.74) is 7.28. The molecule has 3 unspecified atom stereocenters. The van der Waals surface area contributed by atoms with Crippen molar-refractivity contribution in [1.82, 2.24) is 0 Å². The third kappa shape index (κ3) is 6.29. The van der Waals surface area contributed by atoms with Gasteiger partial charge in [0.15, 0.2) is 0 Å². The van der Waals surface area contributed by atoms with E-state index < -0.39 is 0 Å². The van der Waals surface area contributed by atoms with Crippen LogP contribution in [0.1, 0.15) is 72.8 Å². The van der Waals surface area contributed by atoms with Crippen LogP contribution >= 0.6 is 45.2 Å². The van der Waals surface area contributed by atoms with E-state index in [9.17, 15) is 5.11 Å². The molecule has 3 N–H and O–H groups in total. The van der Waals surface area contributed by atoms with Gasteiger partial charge in [0.25, 0.3) is 0 Å². The van der Waals surface area contributed by atoms with Crippen molar-refractivity contribution in [2.45, 2.75) is 74.6 Å². The van der Waals surface area contributed by atoms with Crippen molar-refractivity contribution in [1.29, 1.82) is 0 Å². The van der Waals surface area contributed by atoms with Gasteiger partial charge in [0.1, 0.15) is 0 Å². The van der Waals surface area contributed by atoms with Gasteiger partial charge in [-0.2, -0.15) is 0 Å². The van der Waals surface area contributed by atoms with Gasteiger partial charge in [-0.15, -0.1) is 0 Å². The molecule has 0 aromatic heterocycles. The Hall–Kier alpha value is 0.600. The first-order chi connectivity index (χ1) is 12.2. The lowest BCUT2D eigenvalue weighted by Crippen LogP contribution is -2.51. The van der Waals surface area contributed by atoms with E-state index in [0.717, 1.165) is 12.8 Å². The fourth-order valence-corrected chi connectivity index (χ4v) is 5.85. The highest BCUT2D eigenvalue weighted by atomic mass is 127. The number of aliphatic hydroxyl groups is 1. The average Bonchev–Trinajstić information content (AvgIpc) is 2.57. The van der Waals surface area contributed by atoms with Gasteiger partial charge >= 0.3 is 0 Å². The summed E-state index contributed by atoms with van der Waals surface area (Å²) in [6.45, 7) is 17.1. The van der Waals surface area contributed by atoms with E-state index >= 15 is 0 Å². The van der Waals surface area contributed by atoms with E-state index in [-0.39, 0.29) is 26.3 Å². The first kappa shape index (κ1) is 25.6. The van der Waals surface area contributed by atoms with Crippen LogP contribution in [0.3, 0.4) is 0 Å². The molecule has 0 radical (unpaired) electrons. The number of hydrogen-bond acceptors (Lipinski definition) is 2. The minimum Gasteiger partial charge on any atom is -0.396 e. The van der Waals surface area contributed by atoms with Crippen LogP contribution in [0.15, 0.2) is 30.3 Å². The number of rotatable bonds is 10. The molecular weight excluding hydrogens is 560 g/mol. The second kappa shape index (κ2) is 9.61. The Labute approximate surface area is 194 Å². The molecular formula is C23H39I2NO. The first-order valence-corrected chi connectivity index (χ1v) is 12.2. The fourth-order valence-electron chi connectivity index (χ4n) is 4.34. The molecule has 1 rings (SSSR count). The summed E-state index contributed by atoms with van der Waals surface area (Å²) in [6, 6.07) is 10.8. The number of aliphatic hydroxyl groups excluding tert-OH is 1. The summed E-state index contributed by atoms with van der Waals surface area (Å²) in [6.07, 6.45) is 2.03. The third-order valence-corrected chi connectivity index (χ3v) is 8.74. The van der Waals surface area contributed by atoms with Crippen molar-refractivity contribution in [2.24, 2.45) is 22.0 Å². The molecule has 0 aliphatic carbocycles. The Morgan fingerprint density at radius 1 is 1.00 bits per heavy atom. The summed E-state index contributed by atoms with van der Waals surface area (Å²) in [4.78, 5) is 0. The minimum absolute atomic E-state index is 0.0332. The molecule has 0 saturated carbocycles. The predicted molar refractivity (Wildman–Crippen MR) is 136 cm³/mol. The molecule has 0 amide bonds. The first-order valence-electron chi connectivity index (χ1n) is 9.90. The molecule has 0 fully saturated rings. The van der Waals surface area contributed by atoms with Crippen LogP contribution in [0.25, 0.3) is 0 Å². The highest BCUT2D eigenvalue weighted by Gasteiger charge is 2.52. The topological polar surface area (TPSA) is 46.2 Å². The van der Waals surface area contributed by atoms with Gasteiger partial charge < -0.3 is 10.8 Å². The predicted octanol–water partition coefficient (Wildman–Crippen LogP) is 6.58. The Morgan fingerprint density at radius 2 is 1.52 bits per heavy atom. The van der Waals surface area contributed by atoms with Crippen molar-refractivity contribution < 1.29 is 5.11 Å². The van der Waals surface area contributed by atoms with Crippen LogP contribution in [0.2, 0.25) is 0 Å². The van der Waals surface area contributed by atoms with Gasteiger partial charge in [-0.3, -0.25) is 0 Å². The van der Waals surface area contributed by atoms with E-state index in [2.05, 4.69) is 124 Å². The molecule has 0 saturated heterocycles. The highest BCUT2D eigenvalue weighted by molar-refractivity contribution is 14.1. The SMILES string of the molecule is CC(C)(I)CC(C)(CO)C(C)(C)C(C)(C)CC(c1ccccc1)C(I)CN. The Morgan fingerprint density at radius 3 is 1.93 bits per heavy atom. The van der Waals surface area contributed by atoms with E-state index in [1.54, 1.807) is 0 Å². The second-order valence-electron chi connectivity index (χ2n) is 10.1. The lowest BCUT2D eigenvalue weighted by atomic mass is 9.50. The highest BCUT2D eigenvalue weighted by Crippen LogP contribution is 2.58. The third-order valence-electron chi connectivity index (χ3n) is 6.98. The fraction of sp³-hybridized carbons (Fsp3) is 0.739. The summed E-state index contributed by atoms with van der Waals surface area (Å²) < 4.78 is 0.534. The molecule has 0 aliphatic rings. The molecule has 1 aromatic rings. The van der Waals surface area contributed by atoms with E-state index in [1.165, 1.54) is 5.56 Å². The standard InChI is InChI=1S/C23H39I2NO/c1-20(2,22(5,6)23(7,16-27)15-21(3,4)25)13-18(19(24)14-26)17-11-9-8-10-12-17/h8-12,18-19,27H,13-16,26H2,1-7H3. The molecule has 1 aromatic carbocycles. The molecule has 3 atom stereocenters. The molecule has 27 heavy (non-hydrogen) atoms. The summed E-state index contributed by atoms with van der Waals surface area (Å²) in [7, 11) is 0. The van der Waals surface area contributed by atoms with Crippen molar-refractivity contribution in [2.75, 3.05) is 13.2 Å². The average molecular weight is 599 g/mol. The molecule has 0 bridgehead atoms. The van der Waals surface area contributed by atoms with Gasteiger partial charge in [-0.05, 0) is 40.6 Å². The van der Waals surface area contributed by atoms with Gasteiger partial charge in [0, 0.05) is 20.5 Å². The quantitative estimate of drug-likeness (QED) is 0.236. The summed E-state index contributed by atoms with van der Waals surface area (Å²) in [5, 5.41) is 10.4. The smallest absolute Gasteiger partial charge is 0.0490 e. The van der Waals surface area contributed by atoms with Crippen LogP contribution in [-0.2, 0) is 0 Å². The molecule has 4 heteroatoms. The zero-order chi connectivity index (χ0) is 21.1. The van der Waals surface area contributed by atoms with E-state index in [0.29, 0.717) is 16.4 Å². The molecule has 0 spiro atoms. The van der Waals surface area contributed by atoms with Gasteiger partial charge in [-0.25, -0.2) is 0 Å². The molecule has 2 nitrogen and oxygen atoms in total. The van der Waals surface area contributed by atoms with Crippen molar-refractivity contribution in [3.05, 3.63) is 35.9 Å². The van der Waals surface area contributed by atoms with Crippen molar-refractivity contribution in [3.8, 4) is 0 Å². The van der Waals surface area contributed by atoms with Gasteiger partial charge in [0.05, 0.1) is 0 Å². The molecule has 156 valence electrons. The number of hydrogen-bond donors (Lipinski definition) is 2. The lowest BCUT2D eigenvalue weighted by molar-refractivity contribution is -0.0782. The molecule has 0 heterocycles. The van der Waals surface area contributed by atoms with Gasteiger partial charge in [-0.1, -0.05) is 124 Å². The zero-order valence-electron chi connectivity index (χ0n) is 18.2. The Balaban J connectivity index is 3.27. The maximum atomic E-state index is 10.4. The van der Waals surface area contributed by atoms with Crippen molar-refractivity contribution in [3.63, 3.8) is 0 Å². The monoisotopic (exact) mass is 599 g/mol. The minimum atomic E-state index is -0.161. The summed E-state index contributed by atoms with van der Waals surface area (Å²) >= 11 is 5.03. The number of nitrogens with two attached hydrogens (primary N) is 1. The molecule has 0 aliphatic heterocycles. The summed E-state index contributed by atoms with van der Waals surface area (Å²) in [5.74, 6) is 0.404. The number of halogens is 2.